The standard InChI is InChI=1S/C9H9ClN2S/c10-9-3-11-7-12(5-9)4-8-1-2-13-6-8/h1-3,5-6H,4,7H2. The number of nitrogens with zero attached hydrogens (tertiary/aromatic N) is 2. The summed E-state index contributed by atoms with van der Waals surface area (Å²) < 4.78 is 0. The molecule has 0 saturated carbocycles. The van der Waals surface area contributed by atoms with E-state index in [1.165, 1.54) is 5.56 Å². The van der Waals surface area contributed by atoms with Crippen LogP contribution in [-0.4, -0.2) is 17.8 Å². The molecule has 0 fully saturated rings. The SMILES string of the molecule is ClC1=CN(Cc2ccsc2)CN=C1. The molecule has 2 heterocycles. The Morgan fingerprint density at radius 2 is 2.54 bits per heavy atom. The van der Waals surface area contributed by atoms with Gasteiger partial charge >= 0.3 is 0 Å². The summed E-state index contributed by atoms with van der Waals surface area (Å²) in [5.41, 5.74) is 1.31. The molecule has 0 N–H and O–H groups in total. The largest absolute Gasteiger partial charge is 0.353 e. The summed E-state index contributed by atoms with van der Waals surface area (Å²) >= 11 is 7.53. The lowest BCUT2D eigenvalue weighted by Gasteiger charge is -2.19. The van der Waals surface area contributed by atoms with E-state index in [2.05, 4.69) is 26.7 Å². The molecular weight excluding hydrogens is 204 g/mol. The Morgan fingerprint density at radius 1 is 1.62 bits per heavy atom. The normalized spacial score (nSPS) is 16.1. The fraction of sp³-hybridized carbons (Fsp3) is 0.222. The highest BCUT2D eigenvalue weighted by Crippen LogP contribution is 2.13. The molecule has 0 aromatic carbocycles. The van der Waals surface area contributed by atoms with Gasteiger partial charge in [0.15, 0.2) is 0 Å². The minimum absolute atomic E-state index is 0.696. The van der Waals surface area contributed by atoms with Crippen molar-refractivity contribution in [1.82, 2.24) is 4.90 Å². The van der Waals surface area contributed by atoms with E-state index in [0.717, 1.165) is 6.54 Å². The lowest BCUT2D eigenvalue weighted by Crippen LogP contribution is -2.19. The number of halogens is 1. The summed E-state index contributed by atoms with van der Waals surface area (Å²) in [6.07, 6.45) is 3.61. The van der Waals surface area contributed by atoms with Crippen molar-refractivity contribution < 1.29 is 0 Å². The van der Waals surface area contributed by atoms with Gasteiger partial charge in [-0.1, -0.05) is 11.6 Å². The molecule has 2 rings (SSSR count). The molecule has 0 atom stereocenters. The number of hydrogen-bond donors (Lipinski definition) is 0. The zero-order valence-electron chi connectivity index (χ0n) is 6.98. The van der Waals surface area contributed by atoms with Gasteiger partial charge in [-0.25, -0.2) is 0 Å². The Hall–Kier alpha value is -0.800. The highest BCUT2D eigenvalue weighted by molar-refractivity contribution is 7.07. The Kier molecular flexibility index (Phi) is 2.66. The first-order valence-electron chi connectivity index (χ1n) is 3.97. The second-order valence-corrected chi connectivity index (χ2v) is 4.06. The molecule has 1 aliphatic rings. The van der Waals surface area contributed by atoms with Gasteiger partial charge in [0, 0.05) is 19.0 Å². The average molecular weight is 213 g/mol. The molecule has 0 amide bonds. The third-order valence-electron chi connectivity index (χ3n) is 1.75. The summed E-state index contributed by atoms with van der Waals surface area (Å²) in [5, 5.41) is 4.91. The average Bonchev–Trinajstić information content (AvgIpc) is 2.57. The number of aliphatic imine (C=N–C) groups is 1. The van der Waals surface area contributed by atoms with Crippen LogP contribution >= 0.6 is 22.9 Å². The molecule has 0 bridgehead atoms. The maximum Gasteiger partial charge on any atom is 0.110 e. The van der Waals surface area contributed by atoms with Gasteiger partial charge in [-0.05, 0) is 22.4 Å². The molecule has 0 aliphatic carbocycles. The molecule has 0 radical (unpaired) electrons. The molecule has 2 nitrogen and oxygen atoms in total. The van der Waals surface area contributed by atoms with Gasteiger partial charge < -0.3 is 4.90 Å². The molecule has 4 heteroatoms. The summed E-state index contributed by atoms with van der Waals surface area (Å²) in [6.45, 7) is 1.59. The molecule has 68 valence electrons. The third-order valence-corrected chi connectivity index (χ3v) is 2.68. The van der Waals surface area contributed by atoms with E-state index in [9.17, 15) is 0 Å². The van der Waals surface area contributed by atoms with Crippen LogP contribution < -0.4 is 0 Å². The quantitative estimate of drug-likeness (QED) is 0.736. The van der Waals surface area contributed by atoms with Gasteiger partial charge in [0.05, 0.1) is 5.03 Å². The van der Waals surface area contributed by atoms with Gasteiger partial charge in [0.1, 0.15) is 6.67 Å². The summed E-state index contributed by atoms with van der Waals surface area (Å²) in [7, 11) is 0. The van der Waals surface area contributed by atoms with Crippen LogP contribution in [0.4, 0.5) is 0 Å². The van der Waals surface area contributed by atoms with Crippen molar-refractivity contribution in [2.24, 2.45) is 4.99 Å². The number of thiophene rings is 1. The summed E-state index contributed by atoms with van der Waals surface area (Å²) in [4.78, 5) is 6.21. The van der Waals surface area contributed by atoms with Crippen LogP contribution in [0, 0.1) is 0 Å². The van der Waals surface area contributed by atoms with E-state index in [1.807, 2.05) is 6.20 Å². The molecule has 0 unspecified atom stereocenters. The van der Waals surface area contributed by atoms with E-state index < -0.39 is 0 Å². The Labute approximate surface area is 86.2 Å². The minimum Gasteiger partial charge on any atom is -0.353 e. The van der Waals surface area contributed by atoms with Crippen LogP contribution in [-0.2, 0) is 6.54 Å². The van der Waals surface area contributed by atoms with Gasteiger partial charge in [-0.2, -0.15) is 11.3 Å². The van der Waals surface area contributed by atoms with Crippen LogP contribution in [0.2, 0.25) is 0 Å². The minimum atomic E-state index is 0.696. The Bertz CT molecular complexity index is 329. The molecule has 0 spiro atoms. The number of rotatable bonds is 2. The van der Waals surface area contributed by atoms with Crippen molar-refractivity contribution in [3.05, 3.63) is 33.6 Å². The van der Waals surface area contributed by atoms with E-state index in [-0.39, 0.29) is 0 Å². The zero-order chi connectivity index (χ0) is 9.10. The monoisotopic (exact) mass is 212 g/mol. The zero-order valence-corrected chi connectivity index (χ0v) is 8.55. The van der Waals surface area contributed by atoms with E-state index in [0.29, 0.717) is 11.7 Å². The first-order chi connectivity index (χ1) is 6.34. The van der Waals surface area contributed by atoms with Crippen LogP contribution in [0.15, 0.2) is 33.1 Å². The Balaban J connectivity index is 2.00. The van der Waals surface area contributed by atoms with Gasteiger partial charge in [0.2, 0.25) is 0 Å². The van der Waals surface area contributed by atoms with E-state index in [1.54, 1.807) is 17.6 Å². The lowest BCUT2D eigenvalue weighted by atomic mass is 10.3. The van der Waals surface area contributed by atoms with Gasteiger partial charge in [-0.15, -0.1) is 0 Å². The molecule has 1 aromatic rings. The van der Waals surface area contributed by atoms with Crippen molar-refractivity contribution in [3.8, 4) is 0 Å². The second-order valence-electron chi connectivity index (χ2n) is 2.85. The smallest absolute Gasteiger partial charge is 0.110 e. The highest BCUT2D eigenvalue weighted by atomic mass is 35.5. The summed E-state index contributed by atoms with van der Waals surface area (Å²) in [5.74, 6) is 0. The van der Waals surface area contributed by atoms with Crippen LogP contribution in [0.25, 0.3) is 0 Å². The molecule has 13 heavy (non-hydrogen) atoms. The van der Waals surface area contributed by atoms with Crippen molar-refractivity contribution in [2.45, 2.75) is 6.54 Å². The van der Waals surface area contributed by atoms with Crippen molar-refractivity contribution in [3.63, 3.8) is 0 Å². The fourth-order valence-electron chi connectivity index (χ4n) is 1.19. The van der Waals surface area contributed by atoms with Crippen molar-refractivity contribution in [1.29, 1.82) is 0 Å². The van der Waals surface area contributed by atoms with Gasteiger partial charge in [-0.3, -0.25) is 4.99 Å². The first-order valence-corrected chi connectivity index (χ1v) is 5.29. The van der Waals surface area contributed by atoms with Crippen molar-refractivity contribution >= 4 is 29.2 Å². The topological polar surface area (TPSA) is 15.6 Å². The number of hydrogen-bond acceptors (Lipinski definition) is 3. The van der Waals surface area contributed by atoms with E-state index in [4.69, 9.17) is 11.6 Å². The predicted octanol–water partition coefficient (Wildman–Crippen LogP) is 2.67. The lowest BCUT2D eigenvalue weighted by molar-refractivity contribution is 0.379. The van der Waals surface area contributed by atoms with Crippen LogP contribution in [0.3, 0.4) is 0 Å². The Morgan fingerprint density at radius 3 is 3.23 bits per heavy atom. The fourth-order valence-corrected chi connectivity index (χ4v) is 2.06. The number of allylic oxidation sites excluding steroid dienone is 1. The maximum atomic E-state index is 5.82. The van der Waals surface area contributed by atoms with Crippen molar-refractivity contribution in [2.75, 3.05) is 6.67 Å². The third kappa shape index (κ3) is 2.32. The highest BCUT2D eigenvalue weighted by Gasteiger charge is 2.05. The van der Waals surface area contributed by atoms with Gasteiger partial charge in [0.25, 0.3) is 0 Å². The molecular formula is C9H9ClN2S. The predicted molar refractivity (Wildman–Crippen MR) is 57.2 cm³/mol. The first kappa shape index (κ1) is 8.78. The van der Waals surface area contributed by atoms with Crippen LogP contribution in [0.5, 0.6) is 0 Å². The second kappa shape index (κ2) is 3.94. The van der Waals surface area contributed by atoms with E-state index >= 15 is 0 Å². The molecule has 1 aromatic heterocycles. The maximum absolute atomic E-state index is 5.82. The van der Waals surface area contributed by atoms with Crippen LogP contribution in [0.1, 0.15) is 5.56 Å². The summed E-state index contributed by atoms with van der Waals surface area (Å²) in [6, 6.07) is 2.12. The molecule has 0 saturated heterocycles. The molecule has 1 aliphatic heterocycles.